The Morgan fingerprint density at radius 1 is 1.33 bits per heavy atom. The van der Waals surface area contributed by atoms with Crippen LogP contribution in [0.4, 0.5) is 0 Å². The average molecular weight is 275 g/mol. The van der Waals surface area contributed by atoms with Crippen LogP contribution in [0.2, 0.25) is 0 Å². The summed E-state index contributed by atoms with van der Waals surface area (Å²) < 4.78 is 0. The van der Waals surface area contributed by atoms with E-state index in [0.717, 1.165) is 0 Å². The first-order chi connectivity index (χ1) is 8.35. The van der Waals surface area contributed by atoms with E-state index in [0.29, 0.717) is 25.3 Å². The van der Waals surface area contributed by atoms with Gasteiger partial charge in [-0.1, -0.05) is 13.8 Å². The smallest absolute Gasteiger partial charge is 0.237 e. The molecule has 2 atom stereocenters. The minimum Gasteiger partial charge on any atom is -0.368 e. The summed E-state index contributed by atoms with van der Waals surface area (Å²) >= 11 is 1.53. The lowest BCUT2D eigenvalue weighted by Gasteiger charge is -2.29. The van der Waals surface area contributed by atoms with Crippen LogP contribution in [0.3, 0.4) is 0 Å². The predicted octanol–water partition coefficient (Wildman–Crippen LogP) is 0.488. The molecule has 5 nitrogen and oxygen atoms in total. The Kier molecular flexibility index (Phi) is 8.02. The molecule has 0 spiro atoms. The van der Waals surface area contributed by atoms with Gasteiger partial charge < -0.3 is 16.4 Å². The first-order valence-electron chi connectivity index (χ1n) is 6.29. The highest BCUT2D eigenvalue weighted by Crippen LogP contribution is 2.21. The van der Waals surface area contributed by atoms with Gasteiger partial charge in [0.2, 0.25) is 11.8 Å². The third kappa shape index (κ3) is 6.26. The maximum atomic E-state index is 11.5. The van der Waals surface area contributed by atoms with Gasteiger partial charge in [-0.15, -0.1) is 11.8 Å². The summed E-state index contributed by atoms with van der Waals surface area (Å²) in [6, 6.07) is 0. The number of carbonyl (C=O) groups excluding carboxylic acids is 2. The van der Waals surface area contributed by atoms with Crippen LogP contribution in [0.1, 0.15) is 34.1 Å². The van der Waals surface area contributed by atoms with Crippen LogP contribution in [0, 0.1) is 0 Å². The van der Waals surface area contributed by atoms with Crippen LogP contribution in [-0.2, 0) is 9.59 Å². The molecule has 0 fully saturated rings. The molecular formula is C12H25N3O2S. The molecule has 2 unspecified atom stereocenters. The third-order valence-corrected chi connectivity index (χ3v) is 3.84. The Morgan fingerprint density at radius 2 is 1.94 bits per heavy atom. The molecule has 0 aromatic rings. The van der Waals surface area contributed by atoms with E-state index in [4.69, 9.17) is 5.73 Å². The van der Waals surface area contributed by atoms with Crippen molar-refractivity contribution in [2.24, 2.45) is 5.73 Å². The van der Waals surface area contributed by atoms with Crippen molar-refractivity contribution >= 4 is 23.6 Å². The zero-order valence-corrected chi connectivity index (χ0v) is 12.5. The van der Waals surface area contributed by atoms with Gasteiger partial charge in [-0.05, 0) is 26.8 Å². The molecule has 106 valence electrons. The Bertz CT molecular complexity index is 286. The fraction of sp³-hybridized carbons (Fsp3) is 0.833. The number of hydrogen-bond donors (Lipinski definition) is 3. The zero-order valence-electron chi connectivity index (χ0n) is 11.7. The van der Waals surface area contributed by atoms with Gasteiger partial charge in [0.25, 0.3) is 0 Å². The largest absolute Gasteiger partial charge is 0.368 e. The molecular weight excluding hydrogens is 250 g/mol. The van der Waals surface area contributed by atoms with Crippen LogP contribution in [0.15, 0.2) is 0 Å². The van der Waals surface area contributed by atoms with E-state index < -0.39 is 5.54 Å². The molecule has 0 rings (SSSR count). The second-order valence-electron chi connectivity index (χ2n) is 4.51. The van der Waals surface area contributed by atoms with Crippen LogP contribution >= 0.6 is 11.8 Å². The van der Waals surface area contributed by atoms with Gasteiger partial charge in [-0.25, -0.2) is 0 Å². The van der Waals surface area contributed by atoms with Crippen LogP contribution in [-0.4, -0.2) is 41.4 Å². The van der Waals surface area contributed by atoms with Crippen molar-refractivity contribution < 1.29 is 9.59 Å². The van der Waals surface area contributed by atoms with E-state index >= 15 is 0 Å². The molecule has 0 radical (unpaired) electrons. The Morgan fingerprint density at radius 3 is 2.39 bits per heavy atom. The van der Waals surface area contributed by atoms with Gasteiger partial charge in [-0.3, -0.25) is 9.59 Å². The predicted molar refractivity (Wildman–Crippen MR) is 76.5 cm³/mol. The van der Waals surface area contributed by atoms with E-state index in [2.05, 4.69) is 10.6 Å². The number of amides is 2. The molecule has 0 bridgehead atoms. The lowest BCUT2D eigenvalue weighted by Crippen LogP contribution is -2.54. The van der Waals surface area contributed by atoms with E-state index in [1.807, 2.05) is 27.7 Å². The number of hydrogen-bond acceptors (Lipinski definition) is 4. The number of rotatable bonds is 9. The minimum atomic E-state index is -0.706. The molecule has 4 N–H and O–H groups in total. The lowest BCUT2D eigenvalue weighted by atomic mass is 9.95. The van der Waals surface area contributed by atoms with Crippen LogP contribution in [0.5, 0.6) is 0 Å². The van der Waals surface area contributed by atoms with E-state index in [-0.39, 0.29) is 17.1 Å². The quantitative estimate of drug-likeness (QED) is 0.572. The van der Waals surface area contributed by atoms with Crippen molar-refractivity contribution in [3.63, 3.8) is 0 Å². The summed E-state index contributed by atoms with van der Waals surface area (Å²) in [6.45, 7) is 8.97. The summed E-state index contributed by atoms with van der Waals surface area (Å²) in [5.74, 6) is 0.0871. The molecule has 0 heterocycles. The summed E-state index contributed by atoms with van der Waals surface area (Å²) in [6.07, 6.45) is 0.611. The van der Waals surface area contributed by atoms with Gasteiger partial charge in [0.05, 0.1) is 11.3 Å². The number of thioether (sulfide) groups is 1. The molecule has 0 saturated heterocycles. The maximum absolute atomic E-state index is 11.5. The topological polar surface area (TPSA) is 84.2 Å². The van der Waals surface area contributed by atoms with Crippen molar-refractivity contribution in [3.8, 4) is 0 Å². The van der Waals surface area contributed by atoms with E-state index in [1.54, 1.807) is 0 Å². The maximum Gasteiger partial charge on any atom is 0.237 e. The second kappa shape index (κ2) is 8.37. The Hall–Kier alpha value is -0.750. The standard InChI is InChI=1S/C12H25N3O2S/c1-5-14-10(16)8-18-9(3)7-12(4,11(13)17)15-6-2/h9,15H,5-8H2,1-4H3,(H2,13,17)(H,14,16). The van der Waals surface area contributed by atoms with Crippen LogP contribution in [0.25, 0.3) is 0 Å². The van der Waals surface area contributed by atoms with Gasteiger partial charge in [0.1, 0.15) is 0 Å². The molecule has 0 aromatic carbocycles. The number of carbonyl (C=O) groups is 2. The summed E-state index contributed by atoms with van der Waals surface area (Å²) in [7, 11) is 0. The summed E-state index contributed by atoms with van der Waals surface area (Å²) in [5.41, 5.74) is 4.71. The molecule has 6 heteroatoms. The third-order valence-electron chi connectivity index (χ3n) is 2.68. The lowest BCUT2D eigenvalue weighted by molar-refractivity contribution is -0.124. The normalized spacial score (nSPS) is 15.8. The highest BCUT2D eigenvalue weighted by Gasteiger charge is 2.31. The number of nitrogens with two attached hydrogens (primary N) is 1. The SMILES string of the molecule is CCNC(=O)CSC(C)CC(C)(NCC)C(N)=O. The van der Waals surface area contributed by atoms with Crippen molar-refractivity contribution in [1.82, 2.24) is 10.6 Å². The average Bonchev–Trinajstić information content (AvgIpc) is 2.27. The molecule has 0 aliphatic heterocycles. The molecule has 18 heavy (non-hydrogen) atoms. The molecule has 0 aliphatic rings. The number of primary amides is 1. The first-order valence-corrected chi connectivity index (χ1v) is 7.33. The van der Waals surface area contributed by atoms with Crippen molar-refractivity contribution in [2.45, 2.75) is 44.9 Å². The Labute approximate surface area is 114 Å². The fourth-order valence-corrected chi connectivity index (χ4v) is 2.74. The molecule has 2 amide bonds. The van der Waals surface area contributed by atoms with Crippen molar-refractivity contribution in [3.05, 3.63) is 0 Å². The summed E-state index contributed by atoms with van der Waals surface area (Å²) in [5, 5.41) is 6.04. The number of nitrogens with one attached hydrogen (secondary N) is 2. The minimum absolute atomic E-state index is 0.0265. The highest BCUT2D eigenvalue weighted by molar-refractivity contribution is 8.00. The van der Waals surface area contributed by atoms with Gasteiger partial charge in [0, 0.05) is 11.8 Å². The molecule has 0 aliphatic carbocycles. The van der Waals surface area contributed by atoms with Gasteiger partial charge in [0.15, 0.2) is 0 Å². The van der Waals surface area contributed by atoms with Gasteiger partial charge in [-0.2, -0.15) is 0 Å². The fourth-order valence-electron chi connectivity index (χ4n) is 1.75. The Balaban J connectivity index is 4.22. The van der Waals surface area contributed by atoms with Gasteiger partial charge >= 0.3 is 0 Å². The zero-order chi connectivity index (χ0) is 14.2. The first kappa shape index (κ1) is 17.2. The van der Waals surface area contributed by atoms with Crippen molar-refractivity contribution in [1.29, 1.82) is 0 Å². The molecule has 0 saturated carbocycles. The molecule has 0 aromatic heterocycles. The van der Waals surface area contributed by atoms with Crippen molar-refractivity contribution in [2.75, 3.05) is 18.8 Å². The number of likely N-dealkylation sites (N-methyl/N-ethyl adjacent to an activating group) is 1. The summed E-state index contributed by atoms with van der Waals surface area (Å²) in [4.78, 5) is 22.8. The van der Waals surface area contributed by atoms with E-state index in [9.17, 15) is 9.59 Å². The second-order valence-corrected chi connectivity index (χ2v) is 5.93. The van der Waals surface area contributed by atoms with Crippen LogP contribution < -0.4 is 16.4 Å². The van der Waals surface area contributed by atoms with E-state index in [1.165, 1.54) is 11.8 Å². The monoisotopic (exact) mass is 275 g/mol. The highest BCUT2D eigenvalue weighted by atomic mass is 32.2.